The molecule has 0 spiro atoms. The van der Waals surface area contributed by atoms with Gasteiger partial charge in [-0.25, -0.2) is 0 Å². The second-order valence-corrected chi connectivity index (χ2v) is 6.57. The third-order valence-corrected chi connectivity index (χ3v) is 4.19. The molecule has 0 radical (unpaired) electrons. The largest absolute Gasteiger partial charge is 0.457 e. The molecule has 1 aromatic carbocycles. The van der Waals surface area contributed by atoms with Gasteiger partial charge in [0, 0.05) is 24.7 Å². The van der Waals surface area contributed by atoms with Gasteiger partial charge in [-0.15, -0.1) is 0 Å². The number of hydrogen-bond acceptors (Lipinski definition) is 8. The zero-order valence-corrected chi connectivity index (χ0v) is 15.3. The Hall–Kier alpha value is -3.23. The van der Waals surface area contributed by atoms with E-state index in [2.05, 4.69) is 20.3 Å². The molecule has 0 aliphatic carbocycles. The first kappa shape index (κ1) is 18.6. The molecule has 0 saturated carbocycles. The molecule has 0 bridgehead atoms. The minimum atomic E-state index is -0.471. The van der Waals surface area contributed by atoms with E-state index < -0.39 is 11.9 Å². The van der Waals surface area contributed by atoms with Gasteiger partial charge >= 0.3 is 5.97 Å². The quantitative estimate of drug-likeness (QED) is 0.733. The number of esters is 1. The van der Waals surface area contributed by atoms with E-state index in [1.54, 1.807) is 4.90 Å². The number of ether oxygens (including phenoxy) is 1. The fourth-order valence-corrected chi connectivity index (χ4v) is 2.85. The van der Waals surface area contributed by atoms with Crippen molar-refractivity contribution in [3.63, 3.8) is 0 Å². The molecule has 1 amide bonds. The zero-order valence-electron chi connectivity index (χ0n) is 15.3. The lowest BCUT2D eigenvalue weighted by Crippen LogP contribution is -2.33. The van der Waals surface area contributed by atoms with Crippen molar-refractivity contribution in [2.45, 2.75) is 32.9 Å². The van der Waals surface area contributed by atoms with Gasteiger partial charge in [-0.3, -0.25) is 9.59 Å². The molecule has 1 saturated heterocycles. The highest BCUT2D eigenvalue weighted by Gasteiger charge is 2.36. The highest BCUT2D eigenvalue weighted by molar-refractivity contribution is 5.87. The van der Waals surface area contributed by atoms with Gasteiger partial charge in [-0.1, -0.05) is 18.2 Å². The first-order valence-electron chi connectivity index (χ1n) is 8.71. The Kier molecular flexibility index (Phi) is 5.49. The first-order valence-corrected chi connectivity index (χ1v) is 8.71. The Morgan fingerprint density at radius 2 is 2.04 bits per heavy atom. The van der Waals surface area contributed by atoms with Crippen molar-refractivity contribution in [2.75, 3.05) is 17.6 Å². The molecule has 142 valence electrons. The molecule has 2 heterocycles. The number of carbonyl (C=O) groups is 2. The van der Waals surface area contributed by atoms with Crippen LogP contribution in [0.3, 0.4) is 0 Å². The Labute approximate surface area is 157 Å². The third kappa shape index (κ3) is 4.69. The summed E-state index contributed by atoms with van der Waals surface area (Å²) in [6.45, 7) is 4.07. The third-order valence-electron chi connectivity index (χ3n) is 4.19. The van der Waals surface area contributed by atoms with Crippen molar-refractivity contribution in [1.82, 2.24) is 19.9 Å². The summed E-state index contributed by atoms with van der Waals surface area (Å²) in [6.07, 6.45) is 0.164. The maximum Gasteiger partial charge on any atom is 0.311 e. The summed E-state index contributed by atoms with van der Waals surface area (Å²) in [7, 11) is 0. The van der Waals surface area contributed by atoms with Gasteiger partial charge < -0.3 is 20.7 Å². The standard InChI is InChI=1S/C18H22N6O3/c1-11(2)24-9-12(8-15(24)25)16(26)27-10-14-21-17(19)23-18(22-14)20-13-6-4-3-5-7-13/h3-7,11-12H,8-10H2,1-2H3,(H3,19,20,21,22,23)/t12-/m1/s1. The van der Waals surface area contributed by atoms with Gasteiger partial charge in [0.05, 0.1) is 5.92 Å². The summed E-state index contributed by atoms with van der Waals surface area (Å²) in [5.74, 6) is -0.424. The Morgan fingerprint density at radius 1 is 1.30 bits per heavy atom. The van der Waals surface area contributed by atoms with Gasteiger partial charge in [0.25, 0.3) is 0 Å². The van der Waals surface area contributed by atoms with Crippen molar-refractivity contribution < 1.29 is 14.3 Å². The number of nitrogens with zero attached hydrogens (tertiary/aromatic N) is 4. The van der Waals surface area contributed by atoms with Crippen LogP contribution in [0.15, 0.2) is 30.3 Å². The van der Waals surface area contributed by atoms with Crippen molar-refractivity contribution in [2.24, 2.45) is 5.92 Å². The smallest absolute Gasteiger partial charge is 0.311 e. The summed E-state index contributed by atoms with van der Waals surface area (Å²) in [6, 6.07) is 9.42. The number of carbonyl (C=O) groups excluding carboxylic acids is 2. The van der Waals surface area contributed by atoms with Crippen LogP contribution in [0.2, 0.25) is 0 Å². The SMILES string of the molecule is CC(C)N1C[C@H](C(=O)OCc2nc(N)nc(Nc3ccccc3)n2)CC1=O. The molecular formula is C18H22N6O3. The minimum absolute atomic E-state index is 0.0245. The second-order valence-electron chi connectivity index (χ2n) is 6.57. The highest BCUT2D eigenvalue weighted by atomic mass is 16.5. The van der Waals surface area contributed by atoms with Crippen LogP contribution in [0, 0.1) is 5.92 Å². The van der Waals surface area contributed by atoms with Crippen molar-refractivity contribution in [3.05, 3.63) is 36.2 Å². The molecule has 2 aromatic rings. The summed E-state index contributed by atoms with van der Waals surface area (Å²) in [5.41, 5.74) is 6.51. The lowest BCUT2D eigenvalue weighted by Gasteiger charge is -2.20. The number of anilines is 3. The number of nitrogen functional groups attached to an aromatic ring is 1. The average Bonchev–Trinajstić information content (AvgIpc) is 3.02. The molecule has 9 heteroatoms. The molecule has 0 unspecified atom stereocenters. The van der Waals surface area contributed by atoms with E-state index in [4.69, 9.17) is 10.5 Å². The maximum atomic E-state index is 12.3. The number of aromatic nitrogens is 3. The number of benzene rings is 1. The van der Waals surface area contributed by atoms with Crippen LogP contribution in [-0.4, -0.2) is 44.3 Å². The molecule has 27 heavy (non-hydrogen) atoms. The molecular weight excluding hydrogens is 348 g/mol. The van der Waals surface area contributed by atoms with Crippen molar-refractivity contribution >= 4 is 29.5 Å². The van der Waals surface area contributed by atoms with E-state index >= 15 is 0 Å². The Morgan fingerprint density at radius 3 is 2.70 bits per heavy atom. The van der Waals surface area contributed by atoms with Crippen LogP contribution < -0.4 is 11.1 Å². The Bertz CT molecular complexity index is 827. The molecule has 1 fully saturated rings. The molecule has 1 aliphatic rings. The molecule has 9 nitrogen and oxygen atoms in total. The normalized spacial score (nSPS) is 16.6. The number of nitrogens with two attached hydrogens (primary N) is 1. The number of rotatable bonds is 6. The van der Waals surface area contributed by atoms with E-state index in [0.717, 1.165) is 5.69 Å². The topological polar surface area (TPSA) is 123 Å². The highest BCUT2D eigenvalue weighted by Crippen LogP contribution is 2.21. The monoisotopic (exact) mass is 370 g/mol. The average molecular weight is 370 g/mol. The molecule has 3 rings (SSSR count). The summed E-state index contributed by atoms with van der Waals surface area (Å²) < 4.78 is 5.29. The van der Waals surface area contributed by atoms with E-state index in [-0.39, 0.29) is 42.7 Å². The molecule has 3 N–H and O–H groups in total. The van der Waals surface area contributed by atoms with Crippen LogP contribution in [-0.2, 0) is 20.9 Å². The molecule has 1 atom stereocenters. The lowest BCUT2D eigenvalue weighted by molar-refractivity contribution is -0.150. The number of amides is 1. The zero-order chi connectivity index (χ0) is 19.4. The minimum Gasteiger partial charge on any atom is -0.457 e. The van der Waals surface area contributed by atoms with Crippen LogP contribution in [0.5, 0.6) is 0 Å². The fourth-order valence-electron chi connectivity index (χ4n) is 2.85. The van der Waals surface area contributed by atoms with Crippen molar-refractivity contribution in [3.8, 4) is 0 Å². The van der Waals surface area contributed by atoms with Crippen LogP contribution in [0.25, 0.3) is 0 Å². The molecule has 1 aliphatic heterocycles. The lowest BCUT2D eigenvalue weighted by atomic mass is 10.1. The predicted octanol–water partition coefficient (Wildman–Crippen LogP) is 1.50. The fraction of sp³-hybridized carbons (Fsp3) is 0.389. The second kappa shape index (κ2) is 7.98. The van der Waals surface area contributed by atoms with Crippen LogP contribution in [0.1, 0.15) is 26.1 Å². The number of hydrogen-bond donors (Lipinski definition) is 2. The summed E-state index contributed by atoms with van der Waals surface area (Å²) >= 11 is 0. The predicted molar refractivity (Wildman–Crippen MR) is 98.7 cm³/mol. The first-order chi connectivity index (χ1) is 12.9. The van der Waals surface area contributed by atoms with Gasteiger partial charge in [-0.05, 0) is 26.0 Å². The summed E-state index contributed by atoms with van der Waals surface area (Å²) in [4.78, 5) is 38.1. The van der Waals surface area contributed by atoms with Crippen LogP contribution >= 0.6 is 0 Å². The number of nitrogens with one attached hydrogen (secondary N) is 1. The van der Waals surface area contributed by atoms with Gasteiger partial charge in [0.1, 0.15) is 0 Å². The van der Waals surface area contributed by atoms with E-state index in [1.807, 2.05) is 44.2 Å². The van der Waals surface area contributed by atoms with Gasteiger partial charge in [0.15, 0.2) is 12.4 Å². The maximum absolute atomic E-state index is 12.3. The Balaban J connectivity index is 1.61. The van der Waals surface area contributed by atoms with Gasteiger partial charge in [0.2, 0.25) is 17.8 Å². The number of likely N-dealkylation sites (tertiary alicyclic amines) is 1. The number of para-hydroxylation sites is 1. The van der Waals surface area contributed by atoms with E-state index in [0.29, 0.717) is 6.54 Å². The van der Waals surface area contributed by atoms with E-state index in [9.17, 15) is 9.59 Å². The van der Waals surface area contributed by atoms with E-state index in [1.165, 1.54) is 0 Å². The molecule has 1 aromatic heterocycles. The summed E-state index contributed by atoms with van der Waals surface area (Å²) in [5, 5.41) is 3.02. The van der Waals surface area contributed by atoms with Gasteiger partial charge in [-0.2, -0.15) is 15.0 Å². The van der Waals surface area contributed by atoms with Crippen molar-refractivity contribution in [1.29, 1.82) is 0 Å². The van der Waals surface area contributed by atoms with Crippen LogP contribution in [0.4, 0.5) is 17.6 Å².